The molecule has 1 fully saturated rings. The highest BCUT2D eigenvalue weighted by atomic mass is 19.1. The van der Waals surface area contributed by atoms with E-state index in [-0.39, 0.29) is 13.1 Å². The number of fused-ring (bicyclic) bond motifs is 1. The maximum Gasteiger partial charge on any atom is 0.226 e. The molecule has 4 aromatic rings. The van der Waals surface area contributed by atoms with Crippen LogP contribution in [-0.4, -0.2) is 33.0 Å². The zero-order chi connectivity index (χ0) is 19.1. The van der Waals surface area contributed by atoms with Gasteiger partial charge in [0.1, 0.15) is 5.69 Å². The fourth-order valence-corrected chi connectivity index (χ4v) is 3.63. The number of rotatable bonds is 3. The van der Waals surface area contributed by atoms with E-state index in [0.717, 1.165) is 22.0 Å². The highest BCUT2D eigenvalue weighted by Gasteiger charge is 2.49. The lowest BCUT2D eigenvalue weighted by molar-refractivity contribution is 0.113. The number of nitrogens with zero attached hydrogens (tertiary/aromatic N) is 5. The summed E-state index contributed by atoms with van der Waals surface area (Å²) in [5.41, 5.74) is 2.21. The van der Waals surface area contributed by atoms with E-state index in [1.54, 1.807) is 18.6 Å². The van der Waals surface area contributed by atoms with Crippen LogP contribution in [0, 0.1) is 6.92 Å². The van der Waals surface area contributed by atoms with Crippen LogP contribution < -0.4 is 4.90 Å². The van der Waals surface area contributed by atoms with Gasteiger partial charge in [0.05, 0.1) is 24.3 Å². The van der Waals surface area contributed by atoms with E-state index < -0.39 is 5.67 Å². The predicted octanol–water partition coefficient (Wildman–Crippen LogP) is 4.08. The minimum atomic E-state index is -1.58. The van der Waals surface area contributed by atoms with Crippen molar-refractivity contribution in [2.45, 2.75) is 12.6 Å². The molecule has 138 valence electrons. The minimum Gasteiger partial charge on any atom is -0.333 e. The van der Waals surface area contributed by atoms with Crippen molar-refractivity contribution in [2.75, 3.05) is 18.0 Å². The predicted molar refractivity (Wildman–Crippen MR) is 107 cm³/mol. The lowest BCUT2D eigenvalue weighted by Crippen LogP contribution is -2.58. The first kappa shape index (κ1) is 16.7. The van der Waals surface area contributed by atoms with Gasteiger partial charge in [0.25, 0.3) is 0 Å². The molecule has 5 rings (SSSR count). The third-order valence-electron chi connectivity index (χ3n) is 5.06. The van der Waals surface area contributed by atoms with Crippen LogP contribution in [-0.2, 0) is 5.67 Å². The molecule has 0 saturated carbocycles. The van der Waals surface area contributed by atoms with E-state index in [2.05, 4.69) is 19.9 Å². The highest BCUT2D eigenvalue weighted by Crippen LogP contribution is 2.40. The second-order valence-corrected chi connectivity index (χ2v) is 7.17. The summed E-state index contributed by atoms with van der Waals surface area (Å²) in [6.45, 7) is 2.32. The zero-order valence-corrected chi connectivity index (χ0v) is 15.4. The summed E-state index contributed by atoms with van der Waals surface area (Å²) in [5.74, 6) is 0.535. The molecule has 1 aliphatic heterocycles. The third-order valence-corrected chi connectivity index (χ3v) is 5.06. The van der Waals surface area contributed by atoms with Crippen molar-refractivity contribution in [1.29, 1.82) is 0 Å². The molecule has 0 radical (unpaired) electrons. The van der Waals surface area contributed by atoms with Crippen LogP contribution in [0.3, 0.4) is 0 Å². The zero-order valence-electron chi connectivity index (χ0n) is 15.4. The summed E-state index contributed by atoms with van der Waals surface area (Å²) in [6, 6.07) is 15.7. The molecule has 1 saturated heterocycles. The van der Waals surface area contributed by atoms with E-state index in [9.17, 15) is 0 Å². The Morgan fingerprint density at radius 1 is 0.964 bits per heavy atom. The fourth-order valence-electron chi connectivity index (χ4n) is 3.63. The van der Waals surface area contributed by atoms with Gasteiger partial charge in [-0.15, -0.1) is 0 Å². The first-order chi connectivity index (χ1) is 13.6. The van der Waals surface area contributed by atoms with Crippen LogP contribution in [0.4, 0.5) is 10.3 Å². The van der Waals surface area contributed by atoms with Gasteiger partial charge in [-0.2, -0.15) is 0 Å². The average Bonchev–Trinajstić information content (AvgIpc) is 2.71. The molecule has 0 spiro atoms. The summed E-state index contributed by atoms with van der Waals surface area (Å²) >= 11 is 0. The van der Waals surface area contributed by atoms with Gasteiger partial charge in [0.2, 0.25) is 5.95 Å². The first-order valence-corrected chi connectivity index (χ1v) is 9.17. The lowest BCUT2D eigenvalue weighted by Gasteiger charge is -2.44. The third kappa shape index (κ3) is 2.78. The molecule has 28 heavy (non-hydrogen) atoms. The number of hydrogen-bond donors (Lipinski definition) is 0. The van der Waals surface area contributed by atoms with Gasteiger partial charge < -0.3 is 4.90 Å². The smallest absolute Gasteiger partial charge is 0.226 e. The number of hydrogen-bond acceptors (Lipinski definition) is 5. The summed E-state index contributed by atoms with van der Waals surface area (Å²) in [5, 5.41) is 0.967. The van der Waals surface area contributed by atoms with Crippen LogP contribution >= 0.6 is 0 Å². The molecule has 0 unspecified atom stereocenters. The van der Waals surface area contributed by atoms with Crippen molar-refractivity contribution < 1.29 is 4.39 Å². The lowest BCUT2D eigenvalue weighted by atomic mass is 9.89. The first-order valence-electron chi connectivity index (χ1n) is 9.17. The van der Waals surface area contributed by atoms with E-state index in [1.807, 2.05) is 60.4 Å². The molecular formula is C22H18FN5. The average molecular weight is 371 g/mol. The normalized spacial score (nSPS) is 15.4. The Kier molecular flexibility index (Phi) is 3.79. The van der Waals surface area contributed by atoms with Gasteiger partial charge >= 0.3 is 0 Å². The second kappa shape index (κ2) is 6.34. The number of para-hydroxylation sites is 1. The molecule has 6 heteroatoms. The van der Waals surface area contributed by atoms with Crippen molar-refractivity contribution in [2.24, 2.45) is 0 Å². The molecule has 0 atom stereocenters. The van der Waals surface area contributed by atoms with E-state index in [4.69, 9.17) is 0 Å². The number of aromatic nitrogens is 4. The van der Waals surface area contributed by atoms with Crippen molar-refractivity contribution in [1.82, 2.24) is 19.9 Å². The van der Waals surface area contributed by atoms with Crippen LogP contribution in [0.25, 0.3) is 22.2 Å². The molecule has 2 aromatic carbocycles. The molecule has 0 aliphatic carbocycles. The number of halogens is 1. The Labute approximate surface area is 161 Å². The quantitative estimate of drug-likeness (QED) is 0.543. The van der Waals surface area contributed by atoms with Crippen molar-refractivity contribution in [3.63, 3.8) is 0 Å². The van der Waals surface area contributed by atoms with E-state index >= 15 is 4.39 Å². The molecule has 3 heterocycles. The summed E-state index contributed by atoms with van der Waals surface area (Å²) in [6.07, 6.45) is 4.93. The van der Waals surface area contributed by atoms with Gasteiger partial charge in [0.15, 0.2) is 5.67 Å². The monoisotopic (exact) mass is 371 g/mol. The van der Waals surface area contributed by atoms with Gasteiger partial charge in [-0.05, 0) is 19.1 Å². The second-order valence-electron chi connectivity index (χ2n) is 7.17. The van der Waals surface area contributed by atoms with Gasteiger partial charge in [-0.1, -0.05) is 42.0 Å². The van der Waals surface area contributed by atoms with Crippen molar-refractivity contribution in [3.8, 4) is 11.3 Å². The summed E-state index contributed by atoms with van der Waals surface area (Å²) < 4.78 is 15.7. The van der Waals surface area contributed by atoms with Crippen LogP contribution in [0.1, 0.15) is 11.3 Å². The van der Waals surface area contributed by atoms with Crippen molar-refractivity contribution >= 4 is 16.9 Å². The molecule has 5 nitrogen and oxygen atoms in total. The van der Waals surface area contributed by atoms with Gasteiger partial charge in [-0.3, -0.25) is 9.97 Å². The fraction of sp³-hybridized carbons (Fsp3) is 0.182. The van der Waals surface area contributed by atoms with Crippen LogP contribution in [0.15, 0.2) is 67.1 Å². The molecule has 0 amide bonds. The molecule has 2 aromatic heterocycles. The van der Waals surface area contributed by atoms with Gasteiger partial charge in [0, 0.05) is 29.5 Å². The minimum absolute atomic E-state index is 0.156. The Balaban J connectivity index is 1.46. The maximum absolute atomic E-state index is 15.7. The Morgan fingerprint density at radius 2 is 1.79 bits per heavy atom. The number of alkyl halides is 1. The Morgan fingerprint density at radius 3 is 2.64 bits per heavy atom. The maximum atomic E-state index is 15.7. The Bertz CT molecular complexity index is 1170. The topological polar surface area (TPSA) is 54.8 Å². The molecule has 1 aliphatic rings. The number of aryl methyl sites for hydroxylation is 1. The van der Waals surface area contributed by atoms with Crippen molar-refractivity contribution in [3.05, 3.63) is 78.4 Å². The number of benzene rings is 2. The van der Waals surface area contributed by atoms with E-state index in [1.165, 1.54) is 0 Å². The SMILES string of the molecule is Cc1cccc(-c2nccnc2C2(F)CN(c3ncc4ccccc4n3)C2)c1. The van der Waals surface area contributed by atoms with Gasteiger partial charge in [-0.25, -0.2) is 14.4 Å². The molecular weight excluding hydrogens is 353 g/mol. The number of anilines is 1. The highest BCUT2D eigenvalue weighted by molar-refractivity contribution is 5.78. The summed E-state index contributed by atoms with van der Waals surface area (Å²) in [7, 11) is 0. The molecule has 0 N–H and O–H groups in total. The largest absolute Gasteiger partial charge is 0.333 e. The standard InChI is InChI=1S/C22H18FN5/c1-15-5-4-7-16(11-15)19-20(25-10-9-24-19)22(23)13-28(14-22)21-26-12-17-6-2-3-8-18(17)27-21/h2-12H,13-14H2,1H3. The molecule has 0 bridgehead atoms. The van der Waals surface area contributed by atoms with E-state index in [0.29, 0.717) is 17.3 Å². The Hall–Kier alpha value is -3.41. The summed E-state index contributed by atoms with van der Waals surface area (Å²) in [4.78, 5) is 19.6. The van der Waals surface area contributed by atoms with Crippen LogP contribution in [0.2, 0.25) is 0 Å². The van der Waals surface area contributed by atoms with Crippen LogP contribution in [0.5, 0.6) is 0 Å².